The zero-order valence-electron chi connectivity index (χ0n) is 8.89. The number of halogens is 2. The minimum Gasteiger partial charge on any atom is -0.385 e. The maximum absolute atomic E-state index is 5.04. The van der Waals surface area contributed by atoms with Crippen LogP contribution in [0.25, 0.3) is 0 Å². The maximum Gasteiger partial charge on any atom is 0.0498 e. The average Bonchev–Trinajstić information content (AvgIpc) is 2.20. The van der Waals surface area contributed by atoms with Crippen LogP contribution in [0, 0.1) is 0 Å². The standard InChI is InChI=1S/C11H15Br2NO/c1-8(5-6-15-2)14-11-7-9(12)3-4-10(11)13/h3-4,7-8,14H,5-6H2,1-2H3. The predicted octanol–water partition coefficient (Wildman–Crippen LogP) is 4.05. The molecule has 0 fully saturated rings. The van der Waals surface area contributed by atoms with E-state index in [9.17, 15) is 0 Å². The minimum absolute atomic E-state index is 0.399. The molecule has 15 heavy (non-hydrogen) atoms. The van der Waals surface area contributed by atoms with E-state index in [1.54, 1.807) is 7.11 Å². The summed E-state index contributed by atoms with van der Waals surface area (Å²) in [5.74, 6) is 0. The molecule has 1 atom stereocenters. The summed E-state index contributed by atoms with van der Waals surface area (Å²) in [5.41, 5.74) is 1.10. The fourth-order valence-electron chi connectivity index (χ4n) is 1.24. The quantitative estimate of drug-likeness (QED) is 0.875. The lowest BCUT2D eigenvalue weighted by Gasteiger charge is -2.16. The largest absolute Gasteiger partial charge is 0.385 e. The first-order valence-electron chi connectivity index (χ1n) is 4.84. The van der Waals surface area contributed by atoms with Crippen LogP contribution in [0.2, 0.25) is 0 Å². The average molecular weight is 337 g/mol. The van der Waals surface area contributed by atoms with Crippen LogP contribution in [-0.2, 0) is 4.74 Å². The summed E-state index contributed by atoms with van der Waals surface area (Å²) in [4.78, 5) is 0. The second-order valence-electron chi connectivity index (χ2n) is 3.45. The van der Waals surface area contributed by atoms with Crippen molar-refractivity contribution in [3.05, 3.63) is 27.1 Å². The molecule has 0 bridgehead atoms. The van der Waals surface area contributed by atoms with Crippen LogP contribution in [0.5, 0.6) is 0 Å². The molecular weight excluding hydrogens is 322 g/mol. The van der Waals surface area contributed by atoms with Crippen LogP contribution < -0.4 is 5.32 Å². The number of nitrogens with one attached hydrogen (secondary N) is 1. The number of hydrogen-bond donors (Lipinski definition) is 1. The van der Waals surface area contributed by atoms with Crippen molar-refractivity contribution in [2.24, 2.45) is 0 Å². The predicted molar refractivity (Wildman–Crippen MR) is 71.4 cm³/mol. The van der Waals surface area contributed by atoms with Crippen LogP contribution in [0.4, 0.5) is 5.69 Å². The lowest BCUT2D eigenvalue weighted by atomic mass is 10.2. The Kier molecular flexibility index (Phi) is 5.64. The maximum atomic E-state index is 5.04. The molecule has 4 heteroatoms. The Bertz CT molecular complexity index is 317. The lowest BCUT2D eigenvalue weighted by molar-refractivity contribution is 0.191. The summed E-state index contributed by atoms with van der Waals surface area (Å²) in [6.07, 6.45) is 0.995. The van der Waals surface area contributed by atoms with Gasteiger partial charge in [-0.25, -0.2) is 0 Å². The lowest BCUT2D eigenvalue weighted by Crippen LogP contribution is -2.17. The van der Waals surface area contributed by atoms with Gasteiger partial charge >= 0.3 is 0 Å². The molecule has 1 N–H and O–H groups in total. The van der Waals surface area contributed by atoms with Gasteiger partial charge in [-0.3, -0.25) is 0 Å². The van der Waals surface area contributed by atoms with Gasteiger partial charge in [0.2, 0.25) is 0 Å². The van der Waals surface area contributed by atoms with Crippen molar-refractivity contribution in [3.63, 3.8) is 0 Å². The molecular formula is C11H15Br2NO. The molecule has 1 unspecified atom stereocenters. The number of anilines is 1. The van der Waals surface area contributed by atoms with Gasteiger partial charge in [-0.2, -0.15) is 0 Å². The van der Waals surface area contributed by atoms with Crippen molar-refractivity contribution in [3.8, 4) is 0 Å². The molecule has 0 radical (unpaired) electrons. The topological polar surface area (TPSA) is 21.3 Å². The van der Waals surface area contributed by atoms with Crippen LogP contribution in [0.3, 0.4) is 0 Å². The highest BCUT2D eigenvalue weighted by molar-refractivity contribution is 9.11. The third-order valence-corrected chi connectivity index (χ3v) is 3.27. The van der Waals surface area contributed by atoms with Crippen LogP contribution in [0.1, 0.15) is 13.3 Å². The van der Waals surface area contributed by atoms with E-state index in [1.165, 1.54) is 0 Å². The summed E-state index contributed by atoms with van der Waals surface area (Å²) in [7, 11) is 1.72. The Hall–Kier alpha value is -0.0600. The van der Waals surface area contributed by atoms with Gasteiger partial charge in [0.25, 0.3) is 0 Å². The normalized spacial score (nSPS) is 12.5. The van der Waals surface area contributed by atoms with E-state index >= 15 is 0 Å². The van der Waals surface area contributed by atoms with E-state index in [0.29, 0.717) is 6.04 Å². The van der Waals surface area contributed by atoms with E-state index in [0.717, 1.165) is 27.7 Å². The zero-order chi connectivity index (χ0) is 11.3. The smallest absolute Gasteiger partial charge is 0.0498 e. The number of hydrogen-bond acceptors (Lipinski definition) is 2. The molecule has 0 spiro atoms. The summed E-state index contributed by atoms with van der Waals surface area (Å²) >= 11 is 6.97. The number of rotatable bonds is 5. The highest BCUT2D eigenvalue weighted by Crippen LogP contribution is 2.26. The fourth-order valence-corrected chi connectivity index (χ4v) is 1.96. The molecule has 0 aliphatic heterocycles. The molecule has 0 aromatic heterocycles. The fraction of sp³-hybridized carbons (Fsp3) is 0.455. The van der Waals surface area contributed by atoms with Crippen LogP contribution in [0.15, 0.2) is 27.1 Å². The molecule has 1 aromatic rings. The summed E-state index contributed by atoms with van der Waals surface area (Å²) in [6.45, 7) is 2.92. The van der Waals surface area contributed by atoms with Crippen molar-refractivity contribution in [1.82, 2.24) is 0 Å². The first kappa shape index (κ1) is 13.0. The van der Waals surface area contributed by atoms with Crippen LogP contribution in [-0.4, -0.2) is 19.8 Å². The summed E-state index contributed by atoms with van der Waals surface area (Å²) in [5, 5.41) is 3.43. The molecule has 2 nitrogen and oxygen atoms in total. The van der Waals surface area contributed by atoms with E-state index in [-0.39, 0.29) is 0 Å². The van der Waals surface area contributed by atoms with Gasteiger partial charge in [0.05, 0.1) is 0 Å². The molecule has 0 heterocycles. The second-order valence-corrected chi connectivity index (χ2v) is 5.22. The number of ether oxygens (including phenoxy) is 1. The highest BCUT2D eigenvalue weighted by atomic mass is 79.9. The van der Waals surface area contributed by atoms with E-state index in [4.69, 9.17) is 4.74 Å². The molecule has 84 valence electrons. The van der Waals surface area contributed by atoms with Gasteiger partial charge in [0, 0.05) is 34.4 Å². The van der Waals surface area contributed by atoms with Crippen molar-refractivity contribution < 1.29 is 4.74 Å². The highest BCUT2D eigenvalue weighted by Gasteiger charge is 2.05. The van der Waals surface area contributed by atoms with Gasteiger partial charge in [0.15, 0.2) is 0 Å². The molecule has 0 amide bonds. The zero-order valence-corrected chi connectivity index (χ0v) is 12.1. The van der Waals surface area contributed by atoms with Gasteiger partial charge < -0.3 is 10.1 Å². The minimum atomic E-state index is 0.399. The molecule has 1 aromatic carbocycles. The Balaban J connectivity index is 2.59. The first-order chi connectivity index (χ1) is 7.13. The van der Waals surface area contributed by atoms with E-state index in [1.807, 2.05) is 12.1 Å². The molecule has 0 aliphatic carbocycles. The van der Waals surface area contributed by atoms with Gasteiger partial charge in [-0.1, -0.05) is 15.9 Å². The Labute approximate surface area is 108 Å². The SMILES string of the molecule is COCCC(C)Nc1cc(Br)ccc1Br. The third kappa shape index (κ3) is 4.53. The Morgan fingerprint density at radius 3 is 2.80 bits per heavy atom. The van der Waals surface area contributed by atoms with Gasteiger partial charge in [0.1, 0.15) is 0 Å². The first-order valence-corrected chi connectivity index (χ1v) is 6.42. The summed E-state index contributed by atoms with van der Waals surface area (Å²) < 4.78 is 7.20. The van der Waals surface area contributed by atoms with Gasteiger partial charge in [-0.15, -0.1) is 0 Å². The monoisotopic (exact) mass is 335 g/mol. The van der Waals surface area contributed by atoms with Crippen molar-refractivity contribution in [1.29, 1.82) is 0 Å². The molecule has 0 saturated carbocycles. The van der Waals surface area contributed by atoms with Crippen LogP contribution >= 0.6 is 31.9 Å². The number of methoxy groups -OCH3 is 1. The van der Waals surface area contributed by atoms with Crippen molar-refractivity contribution in [2.45, 2.75) is 19.4 Å². The molecule has 0 aliphatic rings. The molecule has 1 rings (SSSR count). The van der Waals surface area contributed by atoms with Gasteiger partial charge in [-0.05, 0) is 47.5 Å². The van der Waals surface area contributed by atoms with E-state index < -0.39 is 0 Å². The van der Waals surface area contributed by atoms with Crippen molar-refractivity contribution in [2.75, 3.05) is 19.0 Å². The number of benzene rings is 1. The Morgan fingerprint density at radius 1 is 1.40 bits per heavy atom. The van der Waals surface area contributed by atoms with E-state index in [2.05, 4.69) is 50.2 Å². The van der Waals surface area contributed by atoms with Crippen molar-refractivity contribution >= 4 is 37.5 Å². The summed E-state index contributed by atoms with van der Waals surface area (Å²) in [6, 6.07) is 6.49. The second kappa shape index (κ2) is 6.51. The Morgan fingerprint density at radius 2 is 2.13 bits per heavy atom. The third-order valence-electron chi connectivity index (χ3n) is 2.09. The molecule has 0 saturated heterocycles.